The fraction of sp³-hybridized carbons (Fsp3) is 0.471. The molecule has 2 atom stereocenters. The molecule has 4 heterocycles. The van der Waals surface area contributed by atoms with E-state index in [4.69, 9.17) is 15.2 Å². The Morgan fingerprint density at radius 1 is 0.978 bits per heavy atom. The average molecular weight is 632 g/mol. The van der Waals surface area contributed by atoms with E-state index < -0.39 is 23.5 Å². The second kappa shape index (κ2) is 13.1. The molecule has 2 aliphatic heterocycles. The normalized spacial score (nSPS) is 19.8. The van der Waals surface area contributed by atoms with Gasteiger partial charge in [-0.3, -0.25) is 9.13 Å². The maximum absolute atomic E-state index is 15.9. The number of rotatable bonds is 7. The third-order valence-electron chi connectivity index (χ3n) is 8.80. The Kier molecular flexibility index (Phi) is 8.99. The fourth-order valence-electron chi connectivity index (χ4n) is 6.44. The molecular weight excluding hydrogens is 589 g/mol. The summed E-state index contributed by atoms with van der Waals surface area (Å²) in [5.74, 6) is 1.93. The summed E-state index contributed by atoms with van der Waals surface area (Å²) < 4.78 is 30.3. The average Bonchev–Trinajstić information content (AvgIpc) is 3.33. The quantitative estimate of drug-likeness (QED) is 0.281. The minimum absolute atomic E-state index is 0.149. The van der Waals surface area contributed by atoms with Crippen LogP contribution in [0.15, 0.2) is 65.7 Å². The van der Waals surface area contributed by atoms with Crippen LogP contribution >= 0.6 is 0 Å². The van der Waals surface area contributed by atoms with Gasteiger partial charge in [0.15, 0.2) is 11.5 Å². The third-order valence-corrected chi connectivity index (χ3v) is 8.80. The van der Waals surface area contributed by atoms with Crippen LogP contribution in [-0.2, 0) is 4.74 Å². The van der Waals surface area contributed by atoms with Gasteiger partial charge in [-0.05, 0) is 95.3 Å². The number of para-hydroxylation sites is 1. The Labute approximate surface area is 267 Å². The summed E-state index contributed by atoms with van der Waals surface area (Å²) in [6.45, 7) is 8.63. The number of aromatic nitrogens is 4. The summed E-state index contributed by atoms with van der Waals surface area (Å²) in [6.07, 6.45) is 3.00. The molecule has 6 rings (SSSR count). The van der Waals surface area contributed by atoms with Gasteiger partial charge in [-0.2, -0.15) is 0 Å². The number of piperidine rings is 2. The lowest BCUT2D eigenvalue weighted by Crippen LogP contribution is -2.46. The molecular formula is C34H42FN7O4. The van der Waals surface area contributed by atoms with Gasteiger partial charge in [-0.25, -0.2) is 23.9 Å². The Morgan fingerprint density at radius 2 is 1.67 bits per heavy atom. The number of halogens is 1. The van der Waals surface area contributed by atoms with E-state index in [1.807, 2.05) is 51.1 Å². The lowest BCUT2D eigenvalue weighted by atomic mass is 9.93. The molecule has 2 fully saturated rings. The van der Waals surface area contributed by atoms with E-state index in [2.05, 4.69) is 14.9 Å². The van der Waals surface area contributed by atoms with E-state index in [-0.39, 0.29) is 18.5 Å². The number of alkyl halides is 1. The molecule has 2 aromatic carbocycles. The number of nitrogen functional groups attached to an aromatic ring is 1. The fourth-order valence-corrected chi connectivity index (χ4v) is 6.44. The number of carbonyl (C=O) groups is 1. The first-order valence-corrected chi connectivity index (χ1v) is 16.0. The van der Waals surface area contributed by atoms with Crippen molar-refractivity contribution in [3.05, 3.63) is 71.4 Å². The summed E-state index contributed by atoms with van der Waals surface area (Å²) >= 11 is 0. The van der Waals surface area contributed by atoms with E-state index >= 15 is 4.39 Å². The highest BCUT2D eigenvalue weighted by Gasteiger charge is 2.35. The number of anilines is 1. The molecule has 4 aromatic rings. The van der Waals surface area contributed by atoms with Gasteiger partial charge in [-0.15, -0.1) is 0 Å². The van der Waals surface area contributed by atoms with Crippen molar-refractivity contribution in [2.45, 2.75) is 64.3 Å². The molecule has 0 bridgehead atoms. The molecule has 2 saturated heterocycles. The standard InChI is InChI=1S/C34H42FN7O4/c1-34(2,3)46-33(44)40-19-14-23(15-20-40)13-17-39-18-16-28(27(35)21-39)42-31-29(30(36)37-22-38-31)41(32(42)43)24-9-11-26(12-10-24)45-25-7-5-4-6-8-25/h4-12,22-23,27-28H,13-21H2,1-3H3,(H2,36,37,38)/t27-,28-/m0/s1. The summed E-state index contributed by atoms with van der Waals surface area (Å²) in [5.41, 5.74) is 6.60. The molecule has 0 spiro atoms. The molecule has 11 nitrogen and oxygen atoms in total. The van der Waals surface area contributed by atoms with Crippen molar-refractivity contribution in [3.63, 3.8) is 0 Å². The van der Waals surface area contributed by atoms with Crippen molar-refractivity contribution in [3.8, 4) is 17.2 Å². The van der Waals surface area contributed by atoms with Crippen molar-refractivity contribution in [2.75, 3.05) is 38.5 Å². The third kappa shape index (κ3) is 6.86. The Bertz CT molecular complexity index is 1710. The van der Waals surface area contributed by atoms with Gasteiger partial charge in [0.1, 0.15) is 35.1 Å². The number of likely N-dealkylation sites (tertiary alicyclic amines) is 2. The van der Waals surface area contributed by atoms with Gasteiger partial charge < -0.3 is 25.0 Å². The molecule has 0 unspecified atom stereocenters. The Balaban J connectivity index is 1.12. The van der Waals surface area contributed by atoms with Crippen molar-refractivity contribution in [2.24, 2.45) is 5.92 Å². The van der Waals surface area contributed by atoms with E-state index in [0.29, 0.717) is 60.3 Å². The van der Waals surface area contributed by atoms with Crippen LogP contribution in [0.2, 0.25) is 0 Å². The minimum Gasteiger partial charge on any atom is -0.457 e. The second-order valence-electron chi connectivity index (χ2n) is 13.2. The number of hydrogen-bond donors (Lipinski definition) is 1. The number of nitrogens with zero attached hydrogens (tertiary/aromatic N) is 6. The zero-order valence-corrected chi connectivity index (χ0v) is 26.6. The van der Waals surface area contributed by atoms with Gasteiger partial charge in [0.05, 0.1) is 11.7 Å². The zero-order chi connectivity index (χ0) is 32.4. The van der Waals surface area contributed by atoms with Crippen LogP contribution in [0.4, 0.5) is 15.0 Å². The first-order valence-electron chi connectivity index (χ1n) is 16.0. The predicted molar refractivity (Wildman–Crippen MR) is 174 cm³/mol. The highest BCUT2D eigenvalue weighted by molar-refractivity contribution is 5.84. The van der Waals surface area contributed by atoms with Crippen molar-refractivity contribution in [1.29, 1.82) is 0 Å². The van der Waals surface area contributed by atoms with E-state index in [1.165, 1.54) is 15.5 Å². The van der Waals surface area contributed by atoms with Crippen molar-refractivity contribution in [1.82, 2.24) is 28.9 Å². The Hall–Kier alpha value is -4.45. The zero-order valence-electron chi connectivity index (χ0n) is 26.6. The minimum atomic E-state index is -1.27. The van der Waals surface area contributed by atoms with E-state index in [1.54, 1.807) is 29.2 Å². The van der Waals surface area contributed by atoms with Crippen molar-refractivity contribution < 1.29 is 18.7 Å². The van der Waals surface area contributed by atoms with Gasteiger partial charge >= 0.3 is 11.8 Å². The predicted octanol–water partition coefficient (Wildman–Crippen LogP) is 5.58. The van der Waals surface area contributed by atoms with Gasteiger partial charge in [0.2, 0.25) is 0 Å². The van der Waals surface area contributed by atoms with Crippen LogP contribution < -0.4 is 16.2 Å². The molecule has 0 saturated carbocycles. The number of amides is 1. The summed E-state index contributed by atoms with van der Waals surface area (Å²) in [6, 6.07) is 15.8. The number of imidazole rings is 1. The molecule has 2 aliphatic rings. The molecule has 2 N–H and O–H groups in total. The SMILES string of the molecule is CC(C)(C)OC(=O)N1CCC(CCN2CC[C@H](n3c(=O)n(-c4ccc(Oc5ccccc5)cc4)c4c(N)ncnc43)[C@@H](F)C2)CC1. The monoisotopic (exact) mass is 631 g/mol. The maximum Gasteiger partial charge on any atom is 0.410 e. The number of hydrogen-bond acceptors (Lipinski definition) is 8. The van der Waals surface area contributed by atoms with Crippen molar-refractivity contribution >= 4 is 23.1 Å². The topological polar surface area (TPSA) is 121 Å². The smallest absolute Gasteiger partial charge is 0.410 e. The lowest BCUT2D eigenvalue weighted by molar-refractivity contribution is 0.0172. The van der Waals surface area contributed by atoms with Crippen LogP contribution in [0.5, 0.6) is 11.5 Å². The molecule has 12 heteroatoms. The molecule has 244 valence electrons. The highest BCUT2D eigenvalue weighted by Crippen LogP contribution is 2.31. The number of nitrogens with two attached hydrogens (primary N) is 1. The van der Waals surface area contributed by atoms with Gasteiger partial charge in [0.25, 0.3) is 0 Å². The first-order chi connectivity index (χ1) is 22.1. The summed E-state index contributed by atoms with van der Waals surface area (Å²) in [7, 11) is 0. The van der Waals surface area contributed by atoms with Gasteiger partial charge in [0, 0.05) is 26.2 Å². The highest BCUT2D eigenvalue weighted by atomic mass is 19.1. The van der Waals surface area contributed by atoms with Crippen LogP contribution in [0, 0.1) is 5.92 Å². The van der Waals surface area contributed by atoms with Crippen LogP contribution in [0.1, 0.15) is 52.5 Å². The molecule has 1 amide bonds. The van der Waals surface area contributed by atoms with E-state index in [0.717, 1.165) is 25.8 Å². The maximum atomic E-state index is 15.9. The van der Waals surface area contributed by atoms with Crippen LogP contribution in [0.25, 0.3) is 16.9 Å². The number of carbonyl (C=O) groups excluding carboxylic acids is 1. The lowest BCUT2D eigenvalue weighted by Gasteiger charge is -2.37. The molecule has 2 aromatic heterocycles. The van der Waals surface area contributed by atoms with Gasteiger partial charge in [-0.1, -0.05) is 18.2 Å². The number of fused-ring (bicyclic) bond motifs is 1. The second-order valence-corrected chi connectivity index (χ2v) is 13.2. The van der Waals surface area contributed by atoms with Crippen LogP contribution in [-0.4, -0.2) is 79.5 Å². The number of ether oxygens (including phenoxy) is 2. The summed E-state index contributed by atoms with van der Waals surface area (Å²) in [4.78, 5) is 38.8. The van der Waals surface area contributed by atoms with Crippen LogP contribution in [0.3, 0.4) is 0 Å². The molecule has 46 heavy (non-hydrogen) atoms. The largest absolute Gasteiger partial charge is 0.457 e. The molecule has 0 radical (unpaired) electrons. The summed E-state index contributed by atoms with van der Waals surface area (Å²) in [5, 5.41) is 0. The first kappa shape index (κ1) is 31.5. The molecule has 0 aliphatic carbocycles. The Morgan fingerprint density at radius 3 is 2.35 bits per heavy atom. The van der Waals surface area contributed by atoms with E-state index in [9.17, 15) is 9.59 Å². The number of benzene rings is 2.